The molecule has 4 aromatic rings. The molecule has 0 spiro atoms. The fourth-order valence-corrected chi connectivity index (χ4v) is 2.92. The molecule has 2 aromatic carbocycles. The minimum atomic E-state index is -0.317. The highest BCUT2D eigenvalue weighted by atomic mass is 19.1. The molecule has 2 N–H and O–H groups in total. The fourth-order valence-electron chi connectivity index (χ4n) is 2.92. The molecule has 1 amide bonds. The topological polar surface area (TPSA) is 75.6 Å². The molecule has 0 radical (unpaired) electrons. The molecule has 0 bridgehead atoms. The summed E-state index contributed by atoms with van der Waals surface area (Å²) in [5.41, 5.74) is 2.14. The van der Waals surface area contributed by atoms with Crippen LogP contribution in [0.15, 0.2) is 87.7 Å². The molecule has 30 heavy (non-hydrogen) atoms. The van der Waals surface area contributed by atoms with Crippen molar-refractivity contribution in [2.45, 2.75) is 6.61 Å². The van der Waals surface area contributed by atoms with Crippen LogP contribution < -0.4 is 5.32 Å². The molecule has 150 valence electrons. The molecule has 0 fully saturated rings. The van der Waals surface area contributed by atoms with Crippen LogP contribution >= 0.6 is 0 Å². The molecule has 2 heterocycles. The fraction of sp³-hybridized carbons (Fsp3) is 0.0417. The van der Waals surface area contributed by atoms with Crippen molar-refractivity contribution in [2.75, 3.05) is 5.32 Å². The van der Waals surface area contributed by atoms with Gasteiger partial charge in [0.25, 0.3) is 0 Å². The van der Waals surface area contributed by atoms with Crippen molar-refractivity contribution in [3.63, 3.8) is 0 Å². The van der Waals surface area contributed by atoms with E-state index in [0.29, 0.717) is 28.7 Å². The molecule has 0 unspecified atom stereocenters. The molecular formula is C24H18FNO4. The summed E-state index contributed by atoms with van der Waals surface area (Å²) < 4.78 is 24.2. The van der Waals surface area contributed by atoms with Gasteiger partial charge in [-0.2, -0.15) is 0 Å². The first-order valence-corrected chi connectivity index (χ1v) is 9.25. The molecule has 0 atom stereocenters. The summed E-state index contributed by atoms with van der Waals surface area (Å²) in [5.74, 6) is 1.54. The monoisotopic (exact) mass is 403 g/mol. The average molecular weight is 403 g/mol. The minimum absolute atomic E-state index is 0.170. The van der Waals surface area contributed by atoms with E-state index in [9.17, 15) is 9.18 Å². The second-order valence-electron chi connectivity index (χ2n) is 6.54. The lowest BCUT2D eigenvalue weighted by Gasteiger charge is -2.04. The highest BCUT2D eigenvalue weighted by Crippen LogP contribution is 2.25. The van der Waals surface area contributed by atoms with Gasteiger partial charge in [0.2, 0.25) is 5.91 Å². The van der Waals surface area contributed by atoms with E-state index in [2.05, 4.69) is 5.32 Å². The maximum Gasteiger partial charge on any atom is 0.248 e. The van der Waals surface area contributed by atoms with E-state index in [4.69, 9.17) is 13.9 Å². The molecule has 0 saturated heterocycles. The number of amides is 1. The van der Waals surface area contributed by atoms with Crippen LogP contribution in [0.3, 0.4) is 0 Å². The summed E-state index contributed by atoms with van der Waals surface area (Å²) in [6.07, 6.45) is 2.93. The standard InChI is InChI=1S/C24H18FNO4/c25-18-6-4-16(5-7-18)22-11-8-20(29-22)10-13-24(28)26-19-3-1-2-17(14-19)23-12-9-21(15-27)30-23/h1-14,27H,15H2,(H,26,28)/b13-10+. The maximum atomic E-state index is 13.0. The number of hydrogen-bond acceptors (Lipinski definition) is 4. The summed E-state index contributed by atoms with van der Waals surface area (Å²) in [5, 5.41) is 11.9. The van der Waals surface area contributed by atoms with Crippen LogP contribution in [0.2, 0.25) is 0 Å². The first-order valence-electron chi connectivity index (χ1n) is 9.25. The van der Waals surface area contributed by atoms with Gasteiger partial charge < -0.3 is 19.3 Å². The molecule has 6 heteroatoms. The molecule has 0 aliphatic rings. The lowest BCUT2D eigenvalue weighted by molar-refractivity contribution is -0.111. The number of carbonyl (C=O) groups excluding carboxylic acids is 1. The zero-order valence-electron chi connectivity index (χ0n) is 15.8. The van der Waals surface area contributed by atoms with Gasteiger partial charge in [-0.15, -0.1) is 0 Å². The van der Waals surface area contributed by atoms with E-state index in [1.165, 1.54) is 18.2 Å². The molecule has 2 aromatic heterocycles. The number of nitrogens with one attached hydrogen (secondary N) is 1. The van der Waals surface area contributed by atoms with Crippen molar-refractivity contribution >= 4 is 17.7 Å². The molecular weight excluding hydrogens is 385 g/mol. The van der Waals surface area contributed by atoms with Gasteiger partial charge in [0.15, 0.2) is 0 Å². The van der Waals surface area contributed by atoms with E-state index in [-0.39, 0.29) is 18.3 Å². The van der Waals surface area contributed by atoms with E-state index in [0.717, 1.165) is 11.1 Å². The van der Waals surface area contributed by atoms with Crippen LogP contribution in [0.1, 0.15) is 11.5 Å². The first-order chi connectivity index (χ1) is 14.6. The molecule has 0 saturated carbocycles. The average Bonchev–Trinajstić information content (AvgIpc) is 3.43. The summed E-state index contributed by atoms with van der Waals surface area (Å²) in [4.78, 5) is 12.3. The Hall–Kier alpha value is -3.90. The summed E-state index contributed by atoms with van der Waals surface area (Å²) >= 11 is 0. The number of furan rings is 2. The van der Waals surface area contributed by atoms with Gasteiger partial charge >= 0.3 is 0 Å². The third kappa shape index (κ3) is 4.56. The highest BCUT2D eigenvalue weighted by Gasteiger charge is 2.07. The second kappa shape index (κ2) is 8.63. The molecule has 0 aliphatic heterocycles. The summed E-state index contributed by atoms with van der Waals surface area (Å²) in [6, 6.07) is 20.2. The number of anilines is 1. The first kappa shape index (κ1) is 19.4. The van der Waals surface area contributed by atoms with Crippen LogP contribution in [0, 0.1) is 5.82 Å². The third-order valence-electron chi connectivity index (χ3n) is 4.39. The lowest BCUT2D eigenvalue weighted by atomic mass is 10.1. The van der Waals surface area contributed by atoms with Crippen LogP contribution in [0.25, 0.3) is 28.7 Å². The maximum absolute atomic E-state index is 13.0. The quantitative estimate of drug-likeness (QED) is 0.418. The number of benzene rings is 2. The van der Waals surface area contributed by atoms with Gasteiger partial charge in [0.1, 0.15) is 35.5 Å². The lowest BCUT2D eigenvalue weighted by Crippen LogP contribution is -2.07. The largest absolute Gasteiger partial charge is 0.459 e. The highest BCUT2D eigenvalue weighted by molar-refractivity contribution is 6.02. The Labute approximate surface area is 172 Å². The zero-order chi connectivity index (χ0) is 20.9. The van der Waals surface area contributed by atoms with Gasteiger partial charge in [0.05, 0.1) is 0 Å². The number of aliphatic hydroxyl groups is 1. The predicted molar refractivity (Wildman–Crippen MR) is 112 cm³/mol. The number of carbonyl (C=O) groups is 1. The van der Waals surface area contributed by atoms with E-state index >= 15 is 0 Å². The van der Waals surface area contributed by atoms with Gasteiger partial charge in [-0.05, 0) is 66.7 Å². The van der Waals surface area contributed by atoms with Crippen molar-refractivity contribution in [2.24, 2.45) is 0 Å². The number of hydrogen-bond donors (Lipinski definition) is 2. The third-order valence-corrected chi connectivity index (χ3v) is 4.39. The second-order valence-corrected chi connectivity index (χ2v) is 6.54. The van der Waals surface area contributed by atoms with Gasteiger partial charge in [-0.1, -0.05) is 12.1 Å². The Balaban J connectivity index is 1.42. The smallest absolute Gasteiger partial charge is 0.248 e. The predicted octanol–water partition coefficient (Wildman–Crippen LogP) is 5.49. The van der Waals surface area contributed by atoms with Crippen LogP contribution in [-0.2, 0) is 11.4 Å². The van der Waals surface area contributed by atoms with Crippen molar-refractivity contribution < 1.29 is 23.1 Å². The number of aliphatic hydroxyl groups excluding tert-OH is 1. The van der Waals surface area contributed by atoms with Gasteiger partial charge in [-0.3, -0.25) is 4.79 Å². The van der Waals surface area contributed by atoms with Crippen molar-refractivity contribution in [3.05, 3.63) is 96.2 Å². The molecule has 4 rings (SSSR count). The van der Waals surface area contributed by atoms with Crippen molar-refractivity contribution in [1.82, 2.24) is 0 Å². The zero-order valence-corrected chi connectivity index (χ0v) is 15.8. The summed E-state index contributed by atoms with van der Waals surface area (Å²) in [7, 11) is 0. The van der Waals surface area contributed by atoms with Crippen molar-refractivity contribution in [1.29, 1.82) is 0 Å². The van der Waals surface area contributed by atoms with Crippen molar-refractivity contribution in [3.8, 4) is 22.6 Å². The normalized spacial score (nSPS) is 11.1. The Bertz CT molecular complexity index is 1190. The molecule has 5 nitrogen and oxygen atoms in total. The molecule has 0 aliphatic carbocycles. The Kier molecular flexibility index (Phi) is 5.59. The number of halogens is 1. The Morgan fingerprint density at radius 1 is 0.933 bits per heavy atom. The number of rotatable bonds is 6. The van der Waals surface area contributed by atoms with E-state index in [1.807, 2.05) is 6.07 Å². The van der Waals surface area contributed by atoms with E-state index < -0.39 is 0 Å². The minimum Gasteiger partial charge on any atom is -0.459 e. The van der Waals surface area contributed by atoms with Crippen LogP contribution in [-0.4, -0.2) is 11.0 Å². The summed E-state index contributed by atoms with van der Waals surface area (Å²) in [6.45, 7) is -0.170. The van der Waals surface area contributed by atoms with Crippen LogP contribution in [0.5, 0.6) is 0 Å². The SMILES string of the molecule is O=C(/C=C/c1ccc(-c2ccc(F)cc2)o1)Nc1cccc(-c2ccc(CO)o2)c1. The Morgan fingerprint density at radius 3 is 2.47 bits per heavy atom. The van der Waals surface area contributed by atoms with Gasteiger partial charge in [0, 0.05) is 22.9 Å². The Morgan fingerprint density at radius 2 is 1.70 bits per heavy atom. The van der Waals surface area contributed by atoms with Gasteiger partial charge in [-0.25, -0.2) is 4.39 Å². The van der Waals surface area contributed by atoms with Crippen LogP contribution in [0.4, 0.5) is 10.1 Å². The van der Waals surface area contributed by atoms with E-state index in [1.54, 1.807) is 60.7 Å².